The molecule has 0 unspecified atom stereocenters. The lowest BCUT2D eigenvalue weighted by molar-refractivity contribution is 0.0833. The molecule has 0 radical (unpaired) electrons. The first-order valence-electron chi connectivity index (χ1n) is 8.20. The molecule has 0 fully saturated rings. The average Bonchev–Trinajstić information content (AvgIpc) is 2.77. The number of urea groups is 1. The van der Waals surface area contributed by atoms with Gasteiger partial charge in [-0.15, -0.1) is 0 Å². The maximum absolute atomic E-state index is 12.7. The number of rotatable bonds is 2. The van der Waals surface area contributed by atoms with Gasteiger partial charge in [0, 0.05) is 30.4 Å². The number of hydrogen-bond donors (Lipinski definition) is 1. The van der Waals surface area contributed by atoms with E-state index in [1.807, 2.05) is 52.1 Å². The first kappa shape index (κ1) is 17.1. The lowest BCUT2D eigenvalue weighted by atomic mass is 10.1. The van der Waals surface area contributed by atoms with Crippen molar-refractivity contribution in [3.05, 3.63) is 35.5 Å². The highest BCUT2D eigenvalue weighted by molar-refractivity contribution is 5.88. The van der Waals surface area contributed by atoms with E-state index in [-0.39, 0.29) is 6.03 Å². The SMILES string of the molecule is COc1ccc2c(c1)OC(C)(C)CN(C(=O)Nc1cc(C)n(C)n1)C2. The molecule has 0 spiro atoms. The minimum absolute atomic E-state index is 0.196. The van der Waals surface area contributed by atoms with Crippen LogP contribution in [0.1, 0.15) is 25.1 Å². The van der Waals surface area contributed by atoms with Crippen molar-refractivity contribution in [1.29, 1.82) is 0 Å². The molecule has 2 aromatic rings. The molecule has 1 aromatic carbocycles. The number of aromatic nitrogens is 2. The molecule has 7 nitrogen and oxygen atoms in total. The molecule has 2 heterocycles. The summed E-state index contributed by atoms with van der Waals surface area (Å²) in [5.41, 5.74) is 1.40. The van der Waals surface area contributed by atoms with Crippen LogP contribution in [0.25, 0.3) is 0 Å². The second-order valence-electron chi connectivity index (χ2n) is 6.92. The molecular formula is C18H24N4O3. The zero-order valence-electron chi connectivity index (χ0n) is 15.3. The van der Waals surface area contributed by atoms with Crippen molar-refractivity contribution in [2.24, 2.45) is 7.05 Å². The minimum Gasteiger partial charge on any atom is -0.497 e. The Bertz CT molecular complexity index is 778. The lowest BCUT2D eigenvalue weighted by Gasteiger charge is -2.29. The number of anilines is 1. The molecule has 0 bridgehead atoms. The van der Waals surface area contributed by atoms with Gasteiger partial charge in [0.2, 0.25) is 0 Å². The smallest absolute Gasteiger partial charge is 0.323 e. The van der Waals surface area contributed by atoms with Crippen LogP contribution >= 0.6 is 0 Å². The van der Waals surface area contributed by atoms with Crippen LogP contribution in [0, 0.1) is 6.92 Å². The number of carbonyl (C=O) groups is 1. The Labute approximate surface area is 147 Å². The van der Waals surface area contributed by atoms with Crippen LogP contribution < -0.4 is 14.8 Å². The Morgan fingerprint density at radius 1 is 1.36 bits per heavy atom. The van der Waals surface area contributed by atoms with Gasteiger partial charge < -0.3 is 14.4 Å². The first-order valence-corrected chi connectivity index (χ1v) is 8.20. The first-order chi connectivity index (χ1) is 11.8. The molecule has 1 N–H and O–H groups in total. The predicted octanol–water partition coefficient (Wildman–Crippen LogP) is 2.94. The highest BCUT2D eigenvalue weighted by Crippen LogP contribution is 2.32. The Hall–Kier alpha value is -2.70. The number of methoxy groups -OCH3 is 1. The van der Waals surface area contributed by atoms with Crippen molar-refractivity contribution in [2.45, 2.75) is 32.9 Å². The normalized spacial score (nSPS) is 15.8. The zero-order valence-corrected chi connectivity index (χ0v) is 15.3. The number of fused-ring (bicyclic) bond motifs is 1. The molecule has 0 saturated heterocycles. The Kier molecular flexibility index (Phi) is 4.32. The van der Waals surface area contributed by atoms with Crippen molar-refractivity contribution >= 4 is 11.8 Å². The largest absolute Gasteiger partial charge is 0.497 e. The molecule has 3 rings (SSSR count). The highest BCUT2D eigenvalue weighted by atomic mass is 16.5. The third kappa shape index (κ3) is 3.70. The van der Waals surface area contributed by atoms with Crippen LogP contribution in [0.4, 0.5) is 10.6 Å². The number of aryl methyl sites for hydroxylation is 2. The summed E-state index contributed by atoms with van der Waals surface area (Å²) in [7, 11) is 3.47. The summed E-state index contributed by atoms with van der Waals surface area (Å²) in [5, 5.41) is 7.15. The van der Waals surface area contributed by atoms with Crippen LogP contribution in [0.3, 0.4) is 0 Å². The minimum atomic E-state index is -0.519. The second kappa shape index (κ2) is 6.31. The number of hydrogen-bond acceptors (Lipinski definition) is 4. The quantitative estimate of drug-likeness (QED) is 0.909. The second-order valence-corrected chi connectivity index (χ2v) is 6.92. The van der Waals surface area contributed by atoms with E-state index in [4.69, 9.17) is 9.47 Å². The fraction of sp³-hybridized carbons (Fsp3) is 0.444. The summed E-state index contributed by atoms with van der Waals surface area (Å²) in [4.78, 5) is 14.5. The van der Waals surface area contributed by atoms with E-state index in [9.17, 15) is 4.79 Å². The number of amides is 2. The van der Waals surface area contributed by atoms with E-state index >= 15 is 0 Å². The molecule has 0 aliphatic carbocycles. The molecule has 134 valence electrons. The summed E-state index contributed by atoms with van der Waals surface area (Å²) in [6, 6.07) is 7.31. The molecule has 7 heteroatoms. The number of nitrogens with one attached hydrogen (secondary N) is 1. The van der Waals surface area contributed by atoms with Crippen LogP contribution in [0.5, 0.6) is 11.5 Å². The van der Waals surface area contributed by atoms with Gasteiger partial charge in [0.15, 0.2) is 5.82 Å². The molecule has 1 aliphatic rings. The van der Waals surface area contributed by atoms with Gasteiger partial charge in [0.1, 0.15) is 17.1 Å². The van der Waals surface area contributed by atoms with Gasteiger partial charge in [0.25, 0.3) is 0 Å². The third-order valence-corrected chi connectivity index (χ3v) is 4.23. The van der Waals surface area contributed by atoms with Crippen molar-refractivity contribution in [1.82, 2.24) is 14.7 Å². The van der Waals surface area contributed by atoms with E-state index in [0.29, 0.717) is 18.9 Å². The van der Waals surface area contributed by atoms with Crippen LogP contribution in [0.2, 0.25) is 0 Å². The van der Waals surface area contributed by atoms with Crippen LogP contribution in [-0.2, 0) is 13.6 Å². The molecule has 25 heavy (non-hydrogen) atoms. The van der Waals surface area contributed by atoms with E-state index < -0.39 is 5.60 Å². The number of ether oxygens (including phenoxy) is 2. The molecule has 0 saturated carbocycles. The molecule has 2 amide bonds. The molecular weight excluding hydrogens is 320 g/mol. The summed E-state index contributed by atoms with van der Waals surface area (Å²) < 4.78 is 13.1. The number of carbonyl (C=O) groups excluding carboxylic acids is 1. The molecule has 1 aliphatic heterocycles. The van der Waals surface area contributed by atoms with E-state index in [1.54, 1.807) is 16.7 Å². The van der Waals surface area contributed by atoms with Gasteiger partial charge in [0.05, 0.1) is 20.2 Å². The van der Waals surface area contributed by atoms with Gasteiger partial charge >= 0.3 is 6.03 Å². The van der Waals surface area contributed by atoms with E-state index in [1.165, 1.54) is 0 Å². The molecule has 1 aromatic heterocycles. The summed E-state index contributed by atoms with van der Waals surface area (Å²) >= 11 is 0. The highest BCUT2D eigenvalue weighted by Gasteiger charge is 2.32. The van der Waals surface area contributed by atoms with Crippen molar-refractivity contribution in [3.8, 4) is 11.5 Å². The van der Waals surface area contributed by atoms with E-state index in [2.05, 4.69) is 10.4 Å². The van der Waals surface area contributed by atoms with Gasteiger partial charge in [-0.1, -0.05) is 0 Å². The van der Waals surface area contributed by atoms with Crippen LogP contribution in [-0.4, -0.2) is 40.0 Å². The van der Waals surface area contributed by atoms with Gasteiger partial charge in [-0.3, -0.25) is 10.00 Å². The Morgan fingerprint density at radius 3 is 2.76 bits per heavy atom. The number of benzene rings is 1. The third-order valence-electron chi connectivity index (χ3n) is 4.23. The monoisotopic (exact) mass is 344 g/mol. The summed E-state index contributed by atoms with van der Waals surface area (Å²) in [6.45, 7) is 6.79. The fourth-order valence-electron chi connectivity index (χ4n) is 2.89. The van der Waals surface area contributed by atoms with Crippen molar-refractivity contribution in [2.75, 3.05) is 19.0 Å². The van der Waals surface area contributed by atoms with Crippen molar-refractivity contribution < 1.29 is 14.3 Å². The fourth-order valence-corrected chi connectivity index (χ4v) is 2.89. The standard InChI is InChI=1S/C18H24N4O3/c1-12-8-16(20-21(12)4)19-17(23)22-10-13-6-7-14(24-5)9-15(13)25-18(2,3)11-22/h6-9H,10-11H2,1-5H3,(H,19,20,23). The maximum Gasteiger partial charge on any atom is 0.323 e. The average molecular weight is 344 g/mol. The number of nitrogens with zero attached hydrogens (tertiary/aromatic N) is 3. The van der Waals surface area contributed by atoms with Gasteiger partial charge in [-0.2, -0.15) is 5.10 Å². The predicted molar refractivity (Wildman–Crippen MR) is 95.1 cm³/mol. The van der Waals surface area contributed by atoms with Gasteiger partial charge in [-0.05, 0) is 32.9 Å². The summed E-state index contributed by atoms with van der Waals surface area (Å²) in [5.74, 6) is 2.02. The van der Waals surface area contributed by atoms with Crippen LogP contribution in [0.15, 0.2) is 24.3 Å². The van der Waals surface area contributed by atoms with E-state index in [0.717, 1.165) is 22.8 Å². The summed E-state index contributed by atoms with van der Waals surface area (Å²) in [6.07, 6.45) is 0. The molecule has 0 atom stereocenters. The lowest BCUT2D eigenvalue weighted by Crippen LogP contribution is -2.44. The van der Waals surface area contributed by atoms with Gasteiger partial charge in [-0.25, -0.2) is 4.79 Å². The Balaban J connectivity index is 1.84. The maximum atomic E-state index is 12.7. The van der Waals surface area contributed by atoms with Crippen molar-refractivity contribution in [3.63, 3.8) is 0 Å². The Morgan fingerprint density at radius 2 is 2.12 bits per heavy atom. The topological polar surface area (TPSA) is 68.6 Å². The zero-order chi connectivity index (χ0) is 18.2.